The molecule has 24 heavy (non-hydrogen) atoms. The van der Waals surface area contributed by atoms with E-state index in [-0.39, 0.29) is 23.8 Å². The molecule has 0 bridgehead atoms. The second kappa shape index (κ2) is 8.53. The summed E-state index contributed by atoms with van der Waals surface area (Å²) in [7, 11) is 1.54. The number of ether oxygens (including phenoxy) is 2. The number of methoxy groups -OCH3 is 1. The maximum Gasteiger partial charge on any atom is 0.292 e. The lowest BCUT2D eigenvalue weighted by atomic mass is 10.3. The highest BCUT2D eigenvalue weighted by atomic mass is 35.5. The molecule has 2 aromatic heterocycles. The number of carbonyl (C=O) groups is 1. The van der Waals surface area contributed by atoms with E-state index < -0.39 is 0 Å². The lowest BCUT2D eigenvalue weighted by molar-refractivity contribution is 0.103. The summed E-state index contributed by atoms with van der Waals surface area (Å²) in [6, 6.07) is 2.98. The molecule has 0 aliphatic carbocycles. The third kappa shape index (κ3) is 4.51. The van der Waals surface area contributed by atoms with E-state index in [2.05, 4.69) is 5.32 Å². The molecular formula is C15H16Cl2N2O4S. The number of amides is 1. The van der Waals surface area contributed by atoms with Crippen molar-refractivity contribution in [2.45, 2.75) is 13.5 Å². The zero-order chi connectivity index (χ0) is 17.7. The highest BCUT2D eigenvalue weighted by Gasteiger charge is 2.15. The minimum atomic E-state index is -0.363. The van der Waals surface area contributed by atoms with E-state index >= 15 is 0 Å². The van der Waals surface area contributed by atoms with Gasteiger partial charge in [0.2, 0.25) is 0 Å². The Morgan fingerprint density at radius 3 is 2.67 bits per heavy atom. The van der Waals surface area contributed by atoms with Gasteiger partial charge in [0.05, 0.1) is 22.2 Å². The molecule has 0 saturated heterocycles. The van der Waals surface area contributed by atoms with Gasteiger partial charge in [-0.2, -0.15) is 0 Å². The van der Waals surface area contributed by atoms with Crippen LogP contribution in [0, 0.1) is 0 Å². The molecule has 0 radical (unpaired) electrons. The summed E-state index contributed by atoms with van der Waals surface area (Å²) in [5, 5.41) is 3.04. The zero-order valence-electron chi connectivity index (χ0n) is 13.1. The maximum atomic E-state index is 12.3. The molecule has 0 atom stereocenters. The number of hydrogen-bond acceptors (Lipinski definition) is 5. The lowest BCUT2D eigenvalue weighted by Crippen LogP contribution is -2.23. The second-order valence-electron chi connectivity index (χ2n) is 4.71. The van der Waals surface area contributed by atoms with Gasteiger partial charge < -0.3 is 19.4 Å². The molecule has 6 nitrogen and oxygen atoms in total. The summed E-state index contributed by atoms with van der Waals surface area (Å²) in [5.74, 6) is -0.216. The smallest absolute Gasteiger partial charge is 0.292 e. The monoisotopic (exact) mass is 390 g/mol. The zero-order valence-corrected chi connectivity index (χ0v) is 15.4. The van der Waals surface area contributed by atoms with Crippen molar-refractivity contribution in [2.24, 2.45) is 0 Å². The topological polar surface area (TPSA) is 69.6 Å². The van der Waals surface area contributed by atoms with Crippen LogP contribution in [0.15, 0.2) is 23.1 Å². The Hall–Kier alpha value is -1.54. The normalized spacial score (nSPS) is 10.7. The molecule has 0 aliphatic rings. The molecular weight excluding hydrogens is 375 g/mol. The van der Waals surface area contributed by atoms with Gasteiger partial charge in [-0.1, -0.05) is 23.2 Å². The predicted molar refractivity (Wildman–Crippen MR) is 96.0 cm³/mol. The van der Waals surface area contributed by atoms with E-state index in [1.807, 2.05) is 6.92 Å². The molecule has 1 N–H and O–H groups in total. The van der Waals surface area contributed by atoms with Crippen molar-refractivity contribution < 1.29 is 14.3 Å². The van der Waals surface area contributed by atoms with Crippen molar-refractivity contribution in [1.82, 2.24) is 4.57 Å². The van der Waals surface area contributed by atoms with Crippen molar-refractivity contribution >= 4 is 46.1 Å². The molecule has 0 aromatic carbocycles. The van der Waals surface area contributed by atoms with Gasteiger partial charge in [0.1, 0.15) is 10.9 Å². The molecule has 0 saturated carbocycles. The molecule has 0 spiro atoms. The quantitative estimate of drug-likeness (QED) is 0.734. The summed E-state index contributed by atoms with van der Waals surface area (Å²) in [4.78, 5) is 24.8. The first-order valence-corrected chi connectivity index (χ1v) is 8.66. The Labute approximate surface area is 152 Å². The number of aromatic nitrogens is 1. The van der Waals surface area contributed by atoms with Crippen molar-refractivity contribution in [1.29, 1.82) is 0 Å². The maximum absolute atomic E-state index is 12.3. The van der Waals surface area contributed by atoms with Crippen LogP contribution in [0.1, 0.15) is 16.6 Å². The fourth-order valence-electron chi connectivity index (χ4n) is 1.90. The average Bonchev–Trinajstić information content (AvgIpc) is 2.89. The Morgan fingerprint density at radius 2 is 2.08 bits per heavy atom. The SMILES string of the molecule is CCn1cc(NC(=O)c2cc(Cl)c(Cl)s2)cc(OCCOC)c1=O. The standard InChI is InChI=1S/C15H16Cl2N2O4S/c1-3-19-8-9(6-11(15(19)21)23-5-4-22-2)18-14(20)12-7-10(16)13(17)24-12/h6-8H,3-5H2,1-2H3,(H,18,20). The first kappa shape index (κ1) is 18.8. The van der Waals surface area contributed by atoms with Crippen LogP contribution in [-0.4, -0.2) is 30.8 Å². The van der Waals surface area contributed by atoms with Gasteiger partial charge in [0.25, 0.3) is 11.5 Å². The van der Waals surface area contributed by atoms with Crippen LogP contribution in [0.4, 0.5) is 5.69 Å². The van der Waals surface area contributed by atoms with Gasteiger partial charge in [0.15, 0.2) is 5.75 Å². The van der Waals surface area contributed by atoms with Gasteiger partial charge in [-0.3, -0.25) is 9.59 Å². The van der Waals surface area contributed by atoms with Crippen molar-refractivity contribution in [3.05, 3.63) is 42.9 Å². The van der Waals surface area contributed by atoms with Crippen LogP contribution in [0.2, 0.25) is 9.36 Å². The number of nitrogens with zero attached hydrogens (tertiary/aromatic N) is 1. The van der Waals surface area contributed by atoms with Gasteiger partial charge >= 0.3 is 0 Å². The number of rotatable bonds is 7. The number of pyridine rings is 1. The van der Waals surface area contributed by atoms with Crippen LogP contribution in [0.5, 0.6) is 5.75 Å². The summed E-state index contributed by atoms with van der Waals surface area (Å²) < 4.78 is 12.1. The highest BCUT2D eigenvalue weighted by Crippen LogP contribution is 2.32. The molecule has 130 valence electrons. The van der Waals surface area contributed by atoms with Crippen molar-refractivity contribution in [2.75, 3.05) is 25.6 Å². The highest BCUT2D eigenvalue weighted by molar-refractivity contribution is 7.18. The molecule has 9 heteroatoms. The van der Waals surface area contributed by atoms with Crippen LogP contribution < -0.4 is 15.6 Å². The van der Waals surface area contributed by atoms with E-state index in [4.69, 9.17) is 32.7 Å². The average molecular weight is 391 g/mol. The number of halogens is 2. The Balaban J connectivity index is 2.24. The first-order chi connectivity index (χ1) is 11.5. The minimum Gasteiger partial charge on any atom is -0.485 e. The van der Waals surface area contributed by atoms with Gasteiger partial charge in [-0.15, -0.1) is 11.3 Å². The summed E-state index contributed by atoms with van der Waals surface area (Å²) in [6.07, 6.45) is 1.56. The lowest BCUT2D eigenvalue weighted by Gasteiger charge is -2.12. The van der Waals surface area contributed by atoms with E-state index in [9.17, 15) is 9.59 Å². The number of aryl methyl sites for hydroxylation is 1. The van der Waals surface area contributed by atoms with E-state index in [0.29, 0.717) is 33.1 Å². The third-order valence-corrected chi connectivity index (χ3v) is 4.93. The van der Waals surface area contributed by atoms with E-state index in [1.165, 1.54) is 16.7 Å². The molecule has 0 fully saturated rings. The second-order valence-corrected chi connectivity index (χ2v) is 6.77. The fraction of sp³-hybridized carbons (Fsp3) is 0.333. The largest absolute Gasteiger partial charge is 0.485 e. The van der Waals surface area contributed by atoms with Gasteiger partial charge in [-0.05, 0) is 13.0 Å². The first-order valence-electron chi connectivity index (χ1n) is 7.08. The van der Waals surface area contributed by atoms with E-state index in [0.717, 1.165) is 11.3 Å². The molecule has 2 heterocycles. The Kier molecular flexibility index (Phi) is 6.68. The van der Waals surface area contributed by atoms with Crippen molar-refractivity contribution in [3.63, 3.8) is 0 Å². The van der Waals surface area contributed by atoms with Gasteiger partial charge in [0, 0.05) is 25.9 Å². The number of hydrogen-bond donors (Lipinski definition) is 1. The van der Waals surface area contributed by atoms with Crippen molar-refractivity contribution in [3.8, 4) is 5.75 Å². The van der Waals surface area contributed by atoms with Gasteiger partial charge in [-0.25, -0.2) is 0 Å². The third-order valence-electron chi connectivity index (χ3n) is 3.07. The van der Waals surface area contributed by atoms with Crippen LogP contribution >= 0.6 is 34.5 Å². The summed E-state index contributed by atoms with van der Waals surface area (Å²) in [5.41, 5.74) is 0.170. The van der Waals surface area contributed by atoms with Crippen LogP contribution in [0.3, 0.4) is 0 Å². The summed E-state index contributed by atoms with van der Waals surface area (Å²) >= 11 is 12.8. The van der Waals surface area contributed by atoms with E-state index in [1.54, 1.807) is 13.3 Å². The number of nitrogens with one attached hydrogen (secondary N) is 1. The van der Waals surface area contributed by atoms with Crippen LogP contribution in [-0.2, 0) is 11.3 Å². The Morgan fingerprint density at radius 1 is 1.33 bits per heavy atom. The Bertz CT molecular complexity index is 769. The summed E-state index contributed by atoms with van der Waals surface area (Å²) in [6.45, 7) is 2.86. The minimum absolute atomic E-state index is 0.147. The molecule has 2 rings (SSSR count). The molecule has 0 aliphatic heterocycles. The molecule has 0 unspecified atom stereocenters. The molecule has 1 amide bonds. The van der Waals surface area contributed by atoms with Crippen LogP contribution in [0.25, 0.3) is 0 Å². The number of anilines is 1. The predicted octanol–water partition coefficient (Wildman–Crippen LogP) is 3.51. The number of thiophene rings is 1. The molecule has 2 aromatic rings. The number of carbonyl (C=O) groups excluding carboxylic acids is 1. The fourth-order valence-corrected chi connectivity index (χ4v) is 3.16.